The van der Waals surface area contributed by atoms with Crippen molar-refractivity contribution in [3.63, 3.8) is 0 Å². The minimum absolute atomic E-state index is 0.802. The van der Waals surface area contributed by atoms with E-state index < -0.39 is 0 Å². The number of nitrogens with zero attached hydrogens (tertiary/aromatic N) is 2. The van der Waals surface area contributed by atoms with Gasteiger partial charge in [0, 0.05) is 59.9 Å². The zero-order valence-electron chi connectivity index (χ0n) is 37.6. The number of aromatic nitrogens is 2. The third-order valence-electron chi connectivity index (χ3n) is 14.2. The zero-order valence-corrected chi connectivity index (χ0v) is 37.6. The van der Waals surface area contributed by atoms with E-state index >= 15 is 0 Å². The van der Waals surface area contributed by atoms with Crippen molar-refractivity contribution in [1.82, 2.24) is 9.55 Å². The molecule has 0 atom stereocenters. The van der Waals surface area contributed by atoms with Crippen LogP contribution < -0.4 is 0 Å². The predicted molar refractivity (Wildman–Crippen MR) is 288 cm³/mol. The normalized spacial score (nSPS) is 12.0. The third kappa shape index (κ3) is 5.95. The molecule has 5 heterocycles. The molecule has 0 aliphatic carbocycles. The van der Waals surface area contributed by atoms with Crippen LogP contribution in [0.15, 0.2) is 244 Å². The number of hydrogen-bond acceptors (Lipinski definition) is 4. The molecule has 0 spiro atoms. The molecule has 0 aliphatic rings. The number of furan rings is 3. The monoisotopic (exact) mass is 894 g/mol. The number of benzene rings is 10. The molecule has 0 saturated heterocycles. The summed E-state index contributed by atoms with van der Waals surface area (Å²) in [6.45, 7) is 0. The van der Waals surface area contributed by atoms with Crippen molar-refractivity contribution in [2.24, 2.45) is 0 Å². The minimum atomic E-state index is 0.802. The molecule has 5 nitrogen and oxygen atoms in total. The lowest BCUT2D eigenvalue weighted by Gasteiger charge is -2.12. The highest BCUT2D eigenvalue weighted by atomic mass is 16.3. The van der Waals surface area contributed by atoms with Crippen LogP contribution in [0.3, 0.4) is 0 Å². The summed E-state index contributed by atoms with van der Waals surface area (Å²) in [5.41, 5.74) is 18.7. The van der Waals surface area contributed by atoms with Crippen LogP contribution in [0.1, 0.15) is 0 Å². The Labute approximate surface area is 400 Å². The summed E-state index contributed by atoms with van der Waals surface area (Å²) in [6.07, 6.45) is 0. The molecule has 15 rings (SSSR count). The largest absolute Gasteiger partial charge is 0.456 e. The van der Waals surface area contributed by atoms with Gasteiger partial charge < -0.3 is 17.8 Å². The fraction of sp³-hybridized carbons (Fsp3) is 0. The standard InChI is InChI=1S/C65H38N2O3/c1-3-14-39(15-4-1)54-34-44(41-27-30-49-48-19-8-11-23-58(48)69-62(49)37-41)35-55(66-54)50-21-13-25-61-64(50)53-32-42(28-31-60(53)68-61)52-33-43(38-63-65(52)51-20-9-12-24-59(51)70-63)40-26-29-47-46-18-7-10-22-56(46)67(57(47)36-40)45-16-5-2-6-17-45/h1-38H. The Morgan fingerprint density at radius 1 is 0.271 bits per heavy atom. The van der Waals surface area contributed by atoms with Gasteiger partial charge in [-0.2, -0.15) is 0 Å². The van der Waals surface area contributed by atoms with Crippen molar-refractivity contribution in [3.05, 3.63) is 231 Å². The maximum atomic E-state index is 6.72. The molecule has 0 unspecified atom stereocenters. The third-order valence-corrected chi connectivity index (χ3v) is 14.2. The van der Waals surface area contributed by atoms with Crippen LogP contribution in [0.5, 0.6) is 0 Å². The van der Waals surface area contributed by atoms with Crippen LogP contribution in [0.2, 0.25) is 0 Å². The fourth-order valence-corrected chi connectivity index (χ4v) is 11.0. The van der Waals surface area contributed by atoms with Gasteiger partial charge in [0.05, 0.1) is 22.4 Å². The number of fused-ring (bicyclic) bond motifs is 12. The van der Waals surface area contributed by atoms with Gasteiger partial charge in [0.1, 0.15) is 33.5 Å². The summed E-state index contributed by atoms with van der Waals surface area (Å²) in [7, 11) is 0. The SMILES string of the molecule is c1ccc(-c2cc(-c3ccc4c(c3)oc3ccccc34)cc(-c3cccc4oc5ccc(-c6cc(-c7ccc8c9ccccc9n(-c9ccccc9)c8c7)cc7oc8ccccc8c67)cc5c34)n2)cc1. The second kappa shape index (κ2) is 15.0. The van der Waals surface area contributed by atoms with E-state index in [4.69, 9.17) is 18.2 Å². The zero-order chi connectivity index (χ0) is 45.9. The summed E-state index contributed by atoms with van der Waals surface area (Å²) in [5.74, 6) is 0. The summed E-state index contributed by atoms with van der Waals surface area (Å²) in [5, 5.41) is 8.83. The molecule has 10 aromatic carbocycles. The van der Waals surface area contributed by atoms with E-state index in [-0.39, 0.29) is 0 Å². The van der Waals surface area contributed by atoms with Gasteiger partial charge in [-0.15, -0.1) is 0 Å². The lowest BCUT2D eigenvalue weighted by Crippen LogP contribution is -1.93. The van der Waals surface area contributed by atoms with Crippen LogP contribution in [0, 0.1) is 0 Å². The van der Waals surface area contributed by atoms with Crippen molar-refractivity contribution in [3.8, 4) is 61.6 Å². The first-order chi connectivity index (χ1) is 34.7. The van der Waals surface area contributed by atoms with E-state index in [9.17, 15) is 0 Å². The minimum Gasteiger partial charge on any atom is -0.456 e. The Balaban J connectivity index is 0.930. The first-order valence-electron chi connectivity index (χ1n) is 23.7. The van der Waals surface area contributed by atoms with Gasteiger partial charge in [-0.3, -0.25) is 0 Å². The van der Waals surface area contributed by atoms with E-state index in [1.54, 1.807) is 0 Å². The molecule has 0 aliphatic heterocycles. The first-order valence-corrected chi connectivity index (χ1v) is 23.7. The highest BCUT2D eigenvalue weighted by Crippen LogP contribution is 2.45. The van der Waals surface area contributed by atoms with Crippen LogP contribution in [0.4, 0.5) is 0 Å². The van der Waals surface area contributed by atoms with Crippen molar-refractivity contribution >= 4 is 87.6 Å². The topological polar surface area (TPSA) is 57.2 Å². The van der Waals surface area contributed by atoms with Crippen molar-refractivity contribution < 1.29 is 13.3 Å². The van der Waals surface area contributed by atoms with Gasteiger partial charge in [0.2, 0.25) is 0 Å². The van der Waals surface area contributed by atoms with Crippen LogP contribution in [-0.4, -0.2) is 9.55 Å². The number of pyridine rings is 1. The predicted octanol–water partition coefficient (Wildman–Crippen LogP) is 18.2. The van der Waals surface area contributed by atoms with E-state index in [2.05, 4.69) is 211 Å². The maximum absolute atomic E-state index is 6.72. The van der Waals surface area contributed by atoms with Crippen LogP contribution in [0.25, 0.3) is 149 Å². The molecule has 0 fully saturated rings. The molecular formula is C65H38N2O3. The Hall–Kier alpha value is -9.45. The maximum Gasteiger partial charge on any atom is 0.136 e. The second-order valence-corrected chi connectivity index (χ2v) is 18.2. The highest BCUT2D eigenvalue weighted by molar-refractivity contribution is 6.18. The van der Waals surface area contributed by atoms with Crippen LogP contribution >= 0.6 is 0 Å². The highest BCUT2D eigenvalue weighted by Gasteiger charge is 2.21. The molecule has 0 amide bonds. The molecule has 326 valence electrons. The smallest absolute Gasteiger partial charge is 0.136 e. The van der Waals surface area contributed by atoms with E-state index in [0.717, 1.165) is 133 Å². The molecule has 70 heavy (non-hydrogen) atoms. The van der Waals surface area contributed by atoms with Gasteiger partial charge in [0.15, 0.2) is 0 Å². The number of hydrogen-bond donors (Lipinski definition) is 0. The van der Waals surface area contributed by atoms with Gasteiger partial charge in [0.25, 0.3) is 0 Å². The average Bonchev–Trinajstić information content (AvgIpc) is 4.19. The number of rotatable bonds is 6. The van der Waals surface area contributed by atoms with Crippen molar-refractivity contribution in [2.45, 2.75) is 0 Å². The Morgan fingerprint density at radius 3 is 1.70 bits per heavy atom. The average molecular weight is 895 g/mol. The molecule has 5 heteroatoms. The molecule has 0 bridgehead atoms. The van der Waals surface area contributed by atoms with Gasteiger partial charge in [-0.25, -0.2) is 4.98 Å². The lowest BCUT2D eigenvalue weighted by atomic mass is 9.92. The molecular weight excluding hydrogens is 857 g/mol. The summed E-state index contributed by atoms with van der Waals surface area (Å²) in [6, 6.07) is 81.4. The quantitative estimate of drug-likeness (QED) is 0.167. The van der Waals surface area contributed by atoms with Gasteiger partial charge in [-0.05, 0) is 124 Å². The lowest BCUT2D eigenvalue weighted by molar-refractivity contribution is 0.668. The summed E-state index contributed by atoms with van der Waals surface area (Å²) < 4.78 is 22.2. The Morgan fingerprint density at radius 2 is 0.843 bits per heavy atom. The van der Waals surface area contributed by atoms with Crippen molar-refractivity contribution in [1.29, 1.82) is 0 Å². The van der Waals surface area contributed by atoms with E-state index in [1.165, 1.54) is 16.3 Å². The van der Waals surface area contributed by atoms with E-state index in [0.29, 0.717) is 0 Å². The molecule has 0 radical (unpaired) electrons. The van der Waals surface area contributed by atoms with Gasteiger partial charge in [-0.1, -0.05) is 140 Å². The van der Waals surface area contributed by atoms with Crippen molar-refractivity contribution in [2.75, 3.05) is 0 Å². The summed E-state index contributed by atoms with van der Waals surface area (Å²) in [4.78, 5) is 5.41. The Kier molecular flexibility index (Phi) is 8.29. The second-order valence-electron chi connectivity index (χ2n) is 18.2. The molecule has 0 N–H and O–H groups in total. The van der Waals surface area contributed by atoms with E-state index in [1.807, 2.05) is 24.3 Å². The summed E-state index contributed by atoms with van der Waals surface area (Å²) >= 11 is 0. The molecule has 15 aromatic rings. The number of para-hydroxylation sites is 4. The fourth-order valence-electron chi connectivity index (χ4n) is 11.0. The molecule has 5 aromatic heterocycles. The first kappa shape index (κ1) is 38.6. The molecule has 0 saturated carbocycles. The van der Waals surface area contributed by atoms with Gasteiger partial charge >= 0.3 is 0 Å². The Bertz CT molecular complexity index is 4590. The van der Waals surface area contributed by atoms with Crippen LogP contribution in [-0.2, 0) is 0 Å².